The third-order valence-corrected chi connectivity index (χ3v) is 4.48. The highest BCUT2D eigenvalue weighted by Gasteiger charge is 2.13. The van der Waals surface area contributed by atoms with Crippen molar-refractivity contribution in [3.8, 4) is 11.6 Å². The normalized spacial score (nSPS) is 10.8. The smallest absolute Gasteiger partial charge is 0.332 e. The Hall–Kier alpha value is -2.50. The number of nitrogens with zero attached hydrogens (tertiary/aromatic N) is 1. The number of benzene rings is 2. The Balaban J connectivity index is 2.19. The van der Waals surface area contributed by atoms with Gasteiger partial charge >= 0.3 is 5.69 Å². The number of hydrogen-bond acceptors (Lipinski definition) is 3. The van der Waals surface area contributed by atoms with E-state index in [0.29, 0.717) is 21.3 Å². The molecule has 2 aromatic carbocycles. The molecule has 0 aliphatic carbocycles. The van der Waals surface area contributed by atoms with Gasteiger partial charge in [-0.3, -0.25) is 14.3 Å². The van der Waals surface area contributed by atoms with Crippen molar-refractivity contribution in [1.29, 1.82) is 0 Å². The summed E-state index contributed by atoms with van der Waals surface area (Å²) in [4.78, 5) is 26.6. The number of hydrogen-bond donors (Lipinski definition) is 1. The van der Waals surface area contributed by atoms with Crippen LogP contribution in [0.1, 0.15) is 16.7 Å². The Kier molecular flexibility index (Phi) is 4.70. The van der Waals surface area contributed by atoms with Crippen molar-refractivity contribution in [1.82, 2.24) is 9.55 Å². The fourth-order valence-electron chi connectivity index (χ4n) is 2.60. The Labute approximate surface area is 153 Å². The van der Waals surface area contributed by atoms with Crippen LogP contribution in [0.25, 0.3) is 5.69 Å². The monoisotopic (exact) mass is 375 g/mol. The molecule has 1 N–H and O–H groups in total. The molecule has 0 spiro atoms. The predicted octanol–water partition coefficient (Wildman–Crippen LogP) is 2.81. The van der Waals surface area contributed by atoms with Crippen LogP contribution in [0, 0.1) is 6.92 Å². The molecule has 0 atom stereocenters. The van der Waals surface area contributed by atoms with Gasteiger partial charge in [-0.2, -0.15) is 0 Å². The van der Waals surface area contributed by atoms with Crippen LogP contribution < -0.4 is 16.4 Å². The minimum atomic E-state index is -0.768. The molecule has 0 saturated heterocycles. The van der Waals surface area contributed by atoms with Gasteiger partial charge in [0.05, 0.1) is 5.69 Å². The summed E-state index contributed by atoms with van der Waals surface area (Å²) in [6, 6.07) is 11.8. The summed E-state index contributed by atoms with van der Waals surface area (Å²) in [5, 5.41) is 13.6. The molecule has 128 valence electrons. The van der Waals surface area contributed by atoms with Crippen LogP contribution in [0.2, 0.25) is 10.0 Å². The van der Waals surface area contributed by atoms with Crippen molar-refractivity contribution in [2.24, 2.45) is 0 Å². The zero-order valence-corrected chi connectivity index (χ0v) is 14.7. The molecule has 0 unspecified atom stereocenters. The quantitative estimate of drug-likeness (QED) is 0.764. The number of aromatic amines is 1. The molecule has 1 aromatic heterocycles. The number of rotatable bonds is 3. The molecule has 25 heavy (non-hydrogen) atoms. The lowest BCUT2D eigenvalue weighted by molar-refractivity contribution is -0.279. The first-order valence-corrected chi connectivity index (χ1v) is 8.19. The second kappa shape index (κ2) is 6.78. The van der Waals surface area contributed by atoms with Crippen molar-refractivity contribution in [3.63, 3.8) is 0 Å². The van der Waals surface area contributed by atoms with E-state index in [1.165, 1.54) is 6.07 Å². The van der Waals surface area contributed by atoms with Gasteiger partial charge in [0.1, 0.15) is 0 Å². The first kappa shape index (κ1) is 17.3. The molecule has 0 bridgehead atoms. The van der Waals surface area contributed by atoms with Crippen molar-refractivity contribution in [2.45, 2.75) is 13.3 Å². The highest BCUT2D eigenvalue weighted by atomic mass is 35.5. The fourth-order valence-corrected chi connectivity index (χ4v) is 3.07. The first-order valence-electron chi connectivity index (χ1n) is 7.43. The highest BCUT2D eigenvalue weighted by molar-refractivity contribution is 6.35. The SMILES string of the molecule is Cc1ccccc1-n1c([O-])c(Cc2ccc(Cl)cc2Cl)c(=O)[nH]c1=O. The summed E-state index contributed by atoms with van der Waals surface area (Å²) >= 11 is 12.0. The third kappa shape index (κ3) is 3.34. The molecular weight excluding hydrogens is 363 g/mol. The van der Waals surface area contributed by atoms with E-state index in [2.05, 4.69) is 4.98 Å². The van der Waals surface area contributed by atoms with Crippen molar-refractivity contribution < 1.29 is 5.11 Å². The molecule has 0 radical (unpaired) electrons. The van der Waals surface area contributed by atoms with E-state index < -0.39 is 17.1 Å². The summed E-state index contributed by atoms with van der Waals surface area (Å²) in [6.07, 6.45) is -0.00364. The van der Waals surface area contributed by atoms with Gasteiger partial charge in [-0.1, -0.05) is 47.5 Å². The van der Waals surface area contributed by atoms with Gasteiger partial charge in [0.15, 0.2) is 0 Å². The van der Waals surface area contributed by atoms with Crippen LogP contribution in [0.3, 0.4) is 0 Å². The van der Waals surface area contributed by atoms with Gasteiger partial charge < -0.3 is 5.11 Å². The van der Waals surface area contributed by atoms with Crippen LogP contribution in [0.15, 0.2) is 52.1 Å². The zero-order valence-electron chi connectivity index (χ0n) is 13.2. The summed E-state index contributed by atoms with van der Waals surface area (Å²) in [6.45, 7) is 1.78. The van der Waals surface area contributed by atoms with Crippen LogP contribution in [0.4, 0.5) is 0 Å². The lowest BCUT2D eigenvalue weighted by Gasteiger charge is -2.21. The standard InChI is InChI=1S/C18H14Cl2N2O3/c1-10-4-2-3-5-15(10)22-17(24)13(16(23)21-18(22)25)8-11-6-7-12(19)9-14(11)20/h2-7,9,24H,8H2,1H3,(H,21,23,25)/p-1. The van der Waals surface area contributed by atoms with E-state index in [1.54, 1.807) is 43.3 Å². The second-order valence-corrected chi connectivity index (χ2v) is 6.42. The third-order valence-electron chi connectivity index (χ3n) is 3.90. The van der Waals surface area contributed by atoms with Crippen LogP contribution in [-0.4, -0.2) is 9.55 Å². The van der Waals surface area contributed by atoms with Crippen molar-refractivity contribution >= 4 is 23.2 Å². The Bertz CT molecular complexity index is 1070. The lowest BCUT2D eigenvalue weighted by atomic mass is 10.1. The zero-order chi connectivity index (χ0) is 18.1. The maximum absolute atomic E-state index is 12.8. The Morgan fingerprint density at radius 1 is 1.12 bits per heavy atom. The van der Waals surface area contributed by atoms with Gasteiger partial charge in [0.25, 0.3) is 5.56 Å². The van der Waals surface area contributed by atoms with Crippen LogP contribution in [0.5, 0.6) is 5.88 Å². The predicted molar refractivity (Wildman–Crippen MR) is 96.1 cm³/mol. The number of aryl methyl sites for hydroxylation is 1. The number of nitrogens with one attached hydrogen (secondary N) is 1. The molecule has 0 aliphatic rings. The van der Waals surface area contributed by atoms with Gasteiger partial charge in [-0.05, 0) is 42.1 Å². The fraction of sp³-hybridized carbons (Fsp3) is 0.111. The van der Waals surface area contributed by atoms with Gasteiger partial charge in [0, 0.05) is 22.0 Å². The molecule has 3 aromatic rings. The van der Waals surface area contributed by atoms with E-state index in [9.17, 15) is 14.7 Å². The Morgan fingerprint density at radius 3 is 2.52 bits per heavy atom. The molecule has 0 aliphatic heterocycles. The maximum atomic E-state index is 12.8. The van der Waals surface area contributed by atoms with Gasteiger partial charge in [-0.15, -0.1) is 0 Å². The van der Waals surface area contributed by atoms with Gasteiger partial charge in [-0.25, -0.2) is 4.79 Å². The average molecular weight is 376 g/mol. The number of para-hydroxylation sites is 1. The molecule has 0 amide bonds. The minimum Gasteiger partial charge on any atom is -0.859 e. The molecule has 5 nitrogen and oxygen atoms in total. The number of H-pyrrole nitrogens is 1. The lowest BCUT2D eigenvalue weighted by Crippen LogP contribution is -2.34. The largest absolute Gasteiger partial charge is 0.859 e. The highest BCUT2D eigenvalue weighted by Crippen LogP contribution is 2.25. The van der Waals surface area contributed by atoms with E-state index in [4.69, 9.17) is 23.2 Å². The number of halogens is 2. The van der Waals surface area contributed by atoms with Crippen LogP contribution >= 0.6 is 23.2 Å². The Morgan fingerprint density at radius 2 is 1.84 bits per heavy atom. The van der Waals surface area contributed by atoms with E-state index in [0.717, 1.165) is 10.1 Å². The molecule has 0 saturated carbocycles. The van der Waals surface area contributed by atoms with Gasteiger partial charge in [0.2, 0.25) is 0 Å². The van der Waals surface area contributed by atoms with E-state index in [1.807, 2.05) is 0 Å². The van der Waals surface area contributed by atoms with E-state index in [-0.39, 0.29) is 12.0 Å². The topological polar surface area (TPSA) is 77.9 Å². The van der Waals surface area contributed by atoms with Crippen molar-refractivity contribution in [3.05, 3.63) is 90.0 Å². The van der Waals surface area contributed by atoms with Crippen LogP contribution in [-0.2, 0) is 6.42 Å². The van der Waals surface area contributed by atoms with E-state index >= 15 is 0 Å². The summed E-state index contributed by atoms with van der Waals surface area (Å²) in [7, 11) is 0. The summed E-state index contributed by atoms with van der Waals surface area (Å²) < 4.78 is 0.968. The van der Waals surface area contributed by atoms with Crippen molar-refractivity contribution in [2.75, 3.05) is 0 Å². The first-order chi connectivity index (χ1) is 11.9. The molecular formula is C18H13Cl2N2O3-. The molecule has 0 fully saturated rings. The molecule has 7 heteroatoms. The second-order valence-electron chi connectivity index (χ2n) is 5.58. The number of aromatic nitrogens is 2. The average Bonchev–Trinajstić information content (AvgIpc) is 2.54. The minimum absolute atomic E-state index is 0.00364. The summed E-state index contributed by atoms with van der Waals surface area (Å²) in [5.41, 5.74) is 0.193. The molecule has 3 rings (SSSR count). The molecule has 1 heterocycles. The summed E-state index contributed by atoms with van der Waals surface area (Å²) in [5.74, 6) is -0.658. The maximum Gasteiger partial charge on any atom is 0.332 e.